The van der Waals surface area contributed by atoms with Gasteiger partial charge in [-0.25, -0.2) is 0 Å². The number of ether oxygens (including phenoxy) is 2. The van der Waals surface area contributed by atoms with Crippen LogP contribution in [0.2, 0.25) is 0 Å². The Morgan fingerprint density at radius 1 is 1.31 bits per heavy atom. The van der Waals surface area contributed by atoms with Crippen molar-refractivity contribution in [3.05, 3.63) is 18.0 Å². The average Bonchev–Trinajstić information content (AvgIpc) is 3.09. The zero-order valence-electron chi connectivity index (χ0n) is 15.4. The van der Waals surface area contributed by atoms with E-state index in [4.69, 9.17) is 9.47 Å². The smallest absolute Gasteiger partial charge is 0.272 e. The molecule has 8 heteroatoms. The van der Waals surface area contributed by atoms with Gasteiger partial charge in [-0.05, 0) is 31.7 Å². The molecule has 1 unspecified atom stereocenters. The first-order chi connectivity index (χ1) is 12.6. The van der Waals surface area contributed by atoms with Gasteiger partial charge < -0.3 is 19.3 Å². The molecule has 3 fully saturated rings. The number of amides is 2. The molecule has 1 aromatic heterocycles. The molecule has 0 aromatic carbocycles. The number of nitrogens with zero attached hydrogens (tertiary/aromatic N) is 4. The van der Waals surface area contributed by atoms with Crippen LogP contribution in [0.4, 0.5) is 0 Å². The van der Waals surface area contributed by atoms with Crippen molar-refractivity contribution in [2.45, 2.75) is 43.4 Å². The van der Waals surface area contributed by atoms with Gasteiger partial charge in [0.2, 0.25) is 0 Å². The highest BCUT2D eigenvalue weighted by Gasteiger charge is 2.62. The number of rotatable bonds is 3. The van der Waals surface area contributed by atoms with Gasteiger partial charge in [0.15, 0.2) is 6.10 Å². The fourth-order valence-electron chi connectivity index (χ4n) is 4.80. The van der Waals surface area contributed by atoms with E-state index in [1.165, 1.54) is 0 Å². The Bertz CT molecular complexity index is 689. The van der Waals surface area contributed by atoms with Crippen LogP contribution in [0.5, 0.6) is 0 Å². The Balaban J connectivity index is 1.43. The van der Waals surface area contributed by atoms with Gasteiger partial charge in [-0.2, -0.15) is 5.10 Å². The maximum atomic E-state index is 12.7. The molecule has 3 aliphatic rings. The van der Waals surface area contributed by atoms with Crippen molar-refractivity contribution in [1.29, 1.82) is 0 Å². The van der Waals surface area contributed by atoms with Gasteiger partial charge in [-0.15, -0.1) is 0 Å². The van der Waals surface area contributed by atoms with Crippen LogP contribution >= 0.6 is 0 Å². The van der Waals surface area contributed by atoms with Crippen molar-refractivity contribution in [2.75, 3.05) is 33.4 Å². The number of hydrogen-bond acceptors (Lipinski definition) is 5. The minimum absolute atomic E-state index is 0.00827. The number of carbonyl (C=O) groups is 2. The molecule has 0 radical (unpaired) electrons. The molecule has 0 bridgehead atoms. The fraction of sp³-hybridized carbons (Fsp3) is 0.722. The number of hydrogen-bond donors (Lipinski definition) is 0. The quantitative estimate of drug-likeness (QED) is 0.729. The molecule has 0 saturated carbocycles. The Morgan fingerprint density at radius 2 is 2.00 bits per heavy atom. The van der Waals surface area contributed by atoms with E-state index in [1.807, 2.05) is 4.90 Å². The van der Waals surface area contributed by atoms with Crippen LogP contribution in [0.15, 0.2) is 12.3 Å². The third-order valence-corrected chi connectivity index (χ3v) is 6.18. The first-order valence-electron chi connectivity index (χ1n) is 9.29. The van der Waals surface area contributed by atoms with Crippen molar-refractivity contribution >= 4 is 11.8 Å². The number of methoxy groups -OCH3 is 1. The second-order valence-electron chi connectivity index (χ2n) is 7.40. The lowest BCUT2D eigenvalue weighted by molar-refractivity contribution is -0.213. The third kappa shape index (κ3) is 2.54. The first kappa shape index (κ1) is 17.5. The van der Waals surface area contributed by atoms with E-state index >= 15 is 0 Å². The van der Waals surface area contributed by atoms with Gasteiger partial charge in [-0.3, -0.25) is 14.3 Å². The summed E-state index contributed by atoms with van der Waals surface area (Å²) in [5.74, 6) is 0.0970. The van der Waals surface area contributed by atoms with Crippen LogP contribution < -0.4 is 0 Å². The van der Waals surface area contributed by atoms with E-state index in [-0.39, 0.29) is 29.5 Å². The molecular weight excluding hydrogens is 336 g/mol. The summed E-state index contributed by atoms with van der Waals surface area (Å²) in [5, 5.41) is 4.07. The lowest BCUT2D eigenvalue weighted by Gasteiger charge is -2.61. The maximum Gasteiger partial charge on any atom is 0.272 e. The number of aromatic nitrogens is 2. The highest BCUT2D eigenvalue weighted by molar-refractivity contribution is 5.93. The molecule has 4 rings (SSSR count). The summed E-state index contributed by atoms with van der Waals surface area (Å²) in [7, 11) is 3.39. The van der Waals surface area contributed by atoms with Crippen molar-refractivity contribution in [2.24, 2.45) is 7.05 Å². The van der Waals surface area contributed by atoms with Gasteiger partial charge >= 0.3 is 0 Å². The monoisotopic (exact) mass is 362 g/mol. The van der Waals surface area contributed by atoms with Crippen molar-refractivity contribution in [3.8, 4) is 0 Å². The SMILES string of the molecule is COC1C(=O)N(C2CCN(C(=O)c3ccnn3C)CC2)C12CCOCC2. The topological polar surface area (TPSA) is 76.9 Å². The second kappa shape index (κ2) is 6.66. The molecule has 1 atom stereocenters. The highest BCUT2D eigenvalue weighted by Crippen LogP contribution is 2.45. The van der Waals surface area contributed by atoms with Gasteiger partial charge in [0.05, 0.1) is 5.54 Å². The average molecular weight is 362 g/mol. The zero-order chi connectivity index (χ0) is 18.3. The lowest BCUT2D eigenvalue weighted by atomic mass is 9.72. The third-order valence-electron chi connectivity index (χ3n) is 6.18. The summed E-state index contributed by atoms with van der Waals surface area (Å²) in [6.07, 6.45) is 4.54. The minimum Gasteiger partial charge on any atom is -0.381 e. The molecule has 0 aliphatic carbocycles. The van der Waals surface area contributed by atoms with E-state index < -0.39 is 0 Å². The highest BCUT2D eigenvalue weighted by atomic mass is 16.5. The number of β-lactam (4-membered cyclic amide) rings is 1. The molecule has 26 heavy (non-hydrogen) atoms. The summed E-state index contributed by atoms with van der Waals surface area (Å²) in [5.41, 5.74) is 0.381. The van der Waals surface area contributed by atoms with E-state index in [9.17, 15) is 9.59 Å². The van der Waals surface area contributed by atoms with Gasteiger partial charge in [0, 0.05) is 52.7 Å². The molecule has 1 aromatic rings. The maximum absolute atomic E-state index is 12.7. The summed E-state index contributed by atoms with van der Waals surface area (Å²) < 4.78 is 12.6. The zero-order valence-corrected chi connectivity index (χ0v) is 15.4. The molecular formula is C18H26N4O4. The van der Waals surface area contributed by atoms with E-state index in [0.717, 1.165) is 25.7 Å². The summed E-state index contributed by atoms with van der Waals surface area (Å²) >= 11 is 0. The van der Waals surface area contributed by atoms with Crippen LogP contribution in [0.25, 0.3) is 0 Å². The van der Waals surface area contributed by atoms with Crippen LogP contribution in [0, 0.1) is 0 Å². The van der Waals surface area contributed by atoms with Crippen LogP contribution in [-0.4, -0.2) is 82.5 Å². The van der Waals surface area contributed by atoms with Crippen molar-refractivity contribution < 1.29 is 19.1 Å². The molecule has 0 N–H and O–H groups in total. The van der Waals surface area contributed by atoms with Crippen LogP contribution in [0.1, 0.15) is 36.2 Å². The second-order valence-corrected chi connectivity index (χ2v) is 7.40. The molecule has 3 aliphatic heterocycles. The summed E-state index contributed by atoms with van der Waals surface area (Å²) in [6, 6.07) is 1.91. The lowest BCUT2D eigenvalue weighted by Crippen LogP contribution is -2.79. The standard InChI is InChI=1S/C18H26N4O4/c1-20-14(3-8-19-20)16(23)21-9-4-13(5-10-21)22-17(24)15(25-2)18(22)6-11-26-12-7-18/h3,8,13,15H,4-7,9-12H2,1-2H3. The van der Waals surface area contributed by atoms with E-state index in [1.54, 1.807) is 31.1 Å². The Morgan fingerprint density at radius 3 is 2.58 bits per heavy atom. The Hall–Kier alpha value is -1.93. The molecule has 142 valence electrons. The van der Waals surface area contributed by atoms with Crippen molar-refractivity contribution in [3.63, 3.8) is 0 Å². The van der Waals surface area contributed by atoms with E-state index in [0.29, 0.717) is 32.0 Å². The number of piperidine rings is 1. The van der Waals surface area contributed by atoms with Crippen LogP contribution in [0.3, 0.4) is 0 Å². The number of aryl methyl sites for hydroxylation is 1. The molecule has 8 nitrogen and oxygen atoms in total. The largest absolute Gasteiger partial charge is 0.381 e. The van der Waals surface area contributed by atoms with Crippen molar-refractivity contribution in [1.82, 2.24) is 19.6 Å². The Kier molecular flexibility index (Phi) is 4.48. The van der Waals surface area contributed by atoms with Gasteiger partial charge in [-0.1, -0.05) is 0 Å². The first-order valence-corrected chi connectivity index (χ1v) is 9.29. The fourth-order valence-corrected chi connectivity index (χ4v) is 4.80. The Labute approximate surface area is 153 Å². The minimum atomic E-state index is -0.347. The molecule has 1 spiro atoms. The van der Waals surface area contributed by atoms with Gasteiger partial charge in [0.25, 0.3) is 11.8 Å². The van der Waals surface area contributed by atoms with Gasteiger partial charge in [0.1, 0.15) is 5.69 Å². The summed E-state index contributed by atoms with van der Waals surface area (Å²) in [6.45, 7) is 2.65. The predicted molar refractivity (Wildman–Crippen MR) is 92.6 cm³/mol. The van der Waals surface area contributed by atoms with E-state index in [2.05, 4.69) is 10.00 Å². The van der Waals surface area contributed by atoms with Crippen LogP contribution in [-0.2, 0) is 21.3 Å². The number of likely N-dealkylation sites (tertiary alicyclic amines) is 2. The molecule has 2 amide bonds. The molecule has 3 saturated heterocycles. The number of carbonyl (C=O) groups excluding carboxylic acids is 2. The molecule has 4 heterocycles. The predicted octanol–water partition coefficient (Wildman–Crippen LogP) is 0.431. The summed E-state index contributed by atoms with van der Waals surface area (Å²) in [4.78, 5) is 29.2. The normalized spacial score (nSPS) is 26.2.